The van der Waals surface area contributed by atoms with Gasteiger partial charge in [-0.3, -0.25) is 0 Å². The molecule has 0 unspecified atom stereocenters. The molecule has 0 fully saturated rings. The number of fused-ring (bicyclic) bond motifs is 13. The average Bonchev–Trinajstić information content (AvgIpc) is 3.89. The van der Waals surface area contributed by atoms with Crippen LogP contribution in [0.3, 0.4) is 0 Å². The van der Waals surface area contributed by atoms with E-state index in [0.29, 0.717) is 5.89 Å². The van der Waals surface area contributed by atoms with Gasteiger partial charge >= 0.3 is 0 Å². The lowest BCUT2D eigenvalue weighted by Gasteiger charge is -2.43. The molecule has 4 nitrogen and oxygen atoms in total. The van der Waals surface area contributed by atoms with Gasteiger partial charge in [0.05, 0.1) is 22.4 Å². The van der Waals surface area contributed by atoms with Crippen molar-refractivity contribution in [3.8, 4) is 39.4 Å². The summed E-state index contributed by atoms with van der Waals surface area (Å²) >= 11 is 0. The molecule has 0 radical (unpaired) electrons. The molecule has 2 aliphatic carbocycles. The number of para-hydroxylation sites is 1. The predicted octanol–water partition coefficient (Wildman–Crippen LogP) is 17.7. The molecule has 0 bridgehead atoms. The zero-order valence-corrected chi connectivity index (χ0v) is 38.6. The number of benzene rings is 9. The van der Waals surface area contributed by atoms with Crippen LogP contribution < -0.4 is 4.90 Å². The van der Waals surface area contributed by atoms with E-state index in [1.165, 1.54) is 83.1 Å². The SMILES string of the molecule is CC1(C)c2ccccc2N(C2=CCCC=C2)c2ccc(-c3ccc4c(c3)c3ccc5nc(-c6ccccc6)oc5c3n4-c3ccc(-c4ccc5c(c4)c4c(c6ccccc65)C=CCC=C4)cc3)cc21. The first kappa shape index (κ1) is 39.7. The van der Waals surface area contributed by atoms with Crippen LogP contribution in [0.25, 0.3) is 106 Å². The number of anilines is 2. The molecule has 0 N–H and O–H groups in total. The maximum atomic E-state index is 6.81. The molecule has 0 saturated heterocycles. The minimum atomic E-state index is -0.202. The third kappa shape index (κ3) is 6.11. The van der Waals surface area contributed by atoms with Crippen molar-refractivity contribution >= 4 is 78.0 Å². The van der Waals surface area contributed by atoms with Crippen LogP contribution in [0.15, 0.2) is 210 Å². The summed E-state index contributed by atoms with van der Waals surface area (Å²) in [5, 5.41) is 7.42. The van der Waals surface area contributed by atoms with Crippen molar-refractivity contribution in [1.82, 2.24) is 9.55 Å². The molecule has 0 saturated carbocycles. The maximum Gasteiger partial charge on any atom is 0.227 e. The van der Waals surface area contributed by atoms with Crippen molar-refractivity contribution < 1.29 is 4.42 Å². The fraction of sp³-hybridized carbons (Fsp3) is 0.0923. The lowest BCUT2D eigenvalue weighted by atomic mass is 9.72. The van der Waals surface area contributed by atoms with Crippen molar-refractivity contribution in [1.29, 1.82) is 0 Å². The van der Waals surface area contributed by atoms with E-state index in [4.69, 9.17) is 9.40 Å². The van der Waals surface area contributed by atoms with Gasteiger partial charge in [-0.15, -0.1) is 0 Å². The highest BCUT2D eigenvalue weighted by atomic mass is 16.3. The molecular formula is C65H47N3O. The molecule has 9 aromatic carbocycles. The maximum absolute atomic E-state index is 6.81. The number of oxazole rings is 1. The van der Waals surface area contributed by atoms with Gasteiger partial charge in [-0.05, 0) is 164 Å². The summed E-state index contributed by atoms with van der Waals surface area (Å²) in [6.07, 6.45) is 19.2. The summed E-state index contributed by atoms with van der Waals surface area (Å²) in [5.41, 5.74) is 19.2. The number of aromatic nitrogens is 2. The molecule has 328 valence electrons. The van der Waals surface area contributed by atoms with E-state index < -0.39 is 0 Å². The number of allylic oxidation sites excluding steroid dienone is 5. The summed E-state index contributed by atoms with van der Waals surface area (Å²) < 4.78 is 9.19. The van der Waals surface area contributed by atoms with E-state index in [1.807, 2.05) is 18.2 Å². The monoisotopic (exact) mass is 885 g/mol. The molecule has 4 heteroatoms. The molecule has 1 aliphatic heterocycles. The standard InChI is InChI=1S/C65H47N3O/c1-65(2)56-24-14-15-25-60(56)67(46-18-8-4-9-19-46)61-37-30-45(40-57(61)65)44-29-36-59-55(39-44)53-34-35-58-63(69-64(66-58)42-16-6-3-7-17-42)62(53)68(59)47-31-26-41(27-32-47)43-28-33-52-50-23-13-12-22-48(50)49-20-10-5-11-21-51(49)54(52)38-43/h3,6-8,10-40H,4-5,9H2,1-2H3. The topological polar surface area (TPSA) is 34.2 Å². The highest BCUT2D eigenvalue weighted by Gasteiger charge is 2.37. The van der Waals surface area contributed by atoms with Gasteiger partial charge < -0.3 is 13.9 Å². The average molecular weight is 886 g/mol. The van der Waals surface area contributed by atoms with Gasteiger partial charge in [0.2, 0.25) is 5.89 Å². The smallest absolute Gasteiger partial charge is 0.227 e. The predicted molar refractivity (Wildman–Crippen MR) is 290 cm³/mol. The van der Waals surface area contributed by atoms with Gasteiger partial charge in [-0.2, -0.15) is 0 Å². The third-order valence-corrected chi connectivity index (χ3v) is 15.0. The Hall–Kier alpha value is -8.47. The van der Waals surface area contributed by atoms with Gasteiger partial charge in [-0.1, -0.05) is 147 Å². The molecule has 3 aliphatic rings. The van der Waals surface area contributed by atoms with E-state index in [2.05, 4.69) is 218 Å². The van der Waals surface area contributed by atoms with Gasteiger partial charge in [0.15, 0.2) is 5.58 Å². The zero-order valence-electron chi connectivity index (χ0n) is 38.6. The summed E-state index contributed by atoms with van der Waals surface area (Å²) in [5.74, 6) is 0.616. The molecular weight excluding hydrogens is 839 g/mol. The molecule has 14 rings (SSSR count). The zero-order chi connectivity index (χ0) is 45.8. The lowest BCUT2D eigenvalue weighted by Crippen LogP contribution is -2.32. The Kier molecular flexibility index (Phi) is 8.79. The second-order valence-electron chi connectivity index (χ2n) is 19.3. The number of hydrogen-bond acceptors (Lipinski definition) is 3. The Labute approximate surface area is 401 Å². The van der Waals surface area contributed by atoms with Crippen molar-refractivity contribution in [2.24, 2.45) is 0 Å². The molecule has 0 amide bonds. The van der Waals surface area contributed by atoms with Crippen LogP contribution in [0.1, 0.15) is 55.4 Å². The Morgan fingerprint density at radius 1 is 0.493 bits per heavy atom. The summed E-state index contributed by atoms with van der Waals surface area (Å²) in [7, 11) is 0. The highest BCUT2D eigenvalue weighted by Crippen LogP contribution is 2.52. The van der Waals surface area contributed by atoms with E-state index in [-0.39, 0.29) is 5.41 Å². The normalized spacial score (nSPS) is 14.9. The van der Waals surface area contributed by atoms with E-state index in [0.717, 1.165) is 63.4 Å². The van der Waals surface area contributed by atoms with Crippen LogP contribution >= 0.6 is 0 Å². The fourth-order valence-electron chi connectivity index (χ4n) is 11.6. The Bertz CT molecular complexity index is 4060. The first-order valence-electron chi connectivity index (χ1n) is 24.2. The molecule has 3 heterocycles. The first-order valence-corrected chi connectivity index (χ1v) is 24.2. The van der Waals surface area contributed by atoms with Crippen LogP contribution in [0.2, 0.25) is 0 Å². The summed E-state index contributed by atoms with van der Waals surface area (Å²) in [6, 6.07) is 62.3. The first-order chi connectivity index (χ1) is 34.0. The molecule has 0 spiro atoms. The van der Waals surface area contributed by atoms with Crippen LogP contribution in [0, 0.1) is 0 Å². The van der Waals surface area contributed by atoms with Crippen LogP contribution in [0.5, 0.6) is 0 Å². The Balaban J connectivity index is 0.926. The minimum absolute atomic E-state index is 0.202. The van der Waals surface area contributed by atoms with E-state index >= 15 is 0 Å². The van der Waals surface area contributed by atoms with Gasteiger partial charge in [0, 0.05) is 33.1 Å². The van der Waals surface area contributed by atoms with E-state index in [9.17, 15) is 0 Å². The van der Waals surface area contributed by atoms with Gasteiger partial charge in [0.1, 0.15) is 5.52 Å². The van der Waals surface area contributed by atoms with Crippen LogP contribution in [-0.4, -0.2) is 9.55 Å². The molecule has 0 atom stereocenters. The molecule has 11 aromatic rings. The molecule has 69 heavy (non-hydrogen) atoms. The quantitative estimate of drug-likeness (QED) is 0.162. The minimum Gasteiger partial charge on any atom is -0.434 e. The molecule has 2 aromatic heterocycles. The summed E-state index contributed by atoms with van der Waals surface area (Å²) in [6.45, 7) is 4.74. The van der Waals surface area contributed by atoms with Crippen molar-refractivity contribution in [3.05, 3.63) is 228 Å². The summed E-state index contributed by atoms with van der Waals surface area (Å²) in [4.78, 5) is 7.51. The largest absolute Gasteiger partial charge is 0.434 e. The van der Waals surface area contributed by atoms with E-state index in [1.54, 1.807) is 0 Å². The Morgan fingerprint density at radius 3 is 2.00 bits per heavy atom. The Morgan fingerprint density at radius 2 is 1.16 bits per heavy atom. The van der Waals surface area contributed by atoms with Crippen molar-refractivity contribution in [2.75, 3.05) is 4.90 Å². The van der Waals surface area contributed by atoms with Crippen LogP contribution in [-0.2, 0) is 5.41 Å². The lowest BCUT2D eigenvalue weighted by molar-refractivity contribution is 0.621. The second kappa shape index (κ2) is 15.3. The van der Waals surface area contributed by atoms with Crippen LogP contribution in [0.4, 0.5) is 11.4 Å². The number of rotatable bonds is 5. The second-order valence-corrected chi connectivity index (χ2v) is 19.3. The highest BCUT2D eigenvalue weighted by molar-refractivity contribution is 6.18. The van der Waals surface area contributed by atoms with Crippen molar-refractivity contribution in [2.45, 2.75) is 38.5 Å². The fourth-order valence-corrected chi connectivity index (χ4v) is 11.6. The van der Waals surface area contributed by atoms with Crippen molar-refractivity contribution in [3.63, 3.8) is 0 Å². The van der Waals surface area contributed by atoms with Gasteiger partial charge in [-0.25, -0.2) is 4.98 Å². The third-order valence-electron chi connectivity index (χ3n) is 15.0. The number of nitrogens with zero attached hydrogens (tertiary/aromatic N) is 3. The van der Waals surface area contributed by atoms with Gasteiger partial charge in [0.25, 0.3) is 0 Å². The number of hydrogen-bond donors (Lipinski definition) is 0.